The average molecular weight is 1380 g/mol. The second kappa shape index (κ2) is 64.4. The van der Waals surface area contributed by atoms with Gasteiger partial charge in [-0.25, -0.2) is 9.13 Å². The van der Waals surface area contributed by atoms with Gasteiger partial charge in [0.25, 0.3) is 0 Å². The molecule has 0 aliphatic heterocycles. The molecule has 0 saturated heterocycles. The van der Waals surface area contributed by atoms with Crippen molar-refractivity contribution in [3.05, 3.63) is 0 Å². The SMILES string of the molecule is CCC(C)CCCCCCCCCCCCCCCCC(=O)O[C@H](COC(=O)CCCCCCCCCCC(C)CC)COP(=O)(O)OC[C@@H](O)COP(=O)(O)OC[C@@H](COC(=O)CCCCCCCCCCC(C)CC)OC(=O)CCCCCCCCCCC(C)CC. The van der Waals surface area contributed by atoms with Crippen LogP contribution in [0.25, 0.3) is 0 Å². The Hall–Kier alpha value is -1.94. The van der Waals surface area contributed by atoms with Gasteiger partial charge in [0.05, 0.1) is 26.4 Å². The van der Waals surface area contributed by atoms with Crippen LogP contribution in [0.2, 0.25) is 0 Å². The average Bonchev–Trinajstić information content (AvgIpc) is 1.80. The van der Waals surface area contributed by atoms with E-state index in [-0.39, 0.29) is 25.7 Å². The molecule has 0 aromatic heterocycles. The lowest BCUT2D eigenvalue weighted by molar-refractivity contribution is -0.161. The summed E-state index contributed by atoms with van der Waals surface area (Å²) >= 11 is 0. The summed E-state index contributed by atoms with van der Waals surface area (Å²) in [4.78, 5) is 72.8. The summed E-state index contributed by atoms with van der Waals surface area (Å²) < 4.78 is 68.5. The first-order chi connectivity index (χ1) is 45.2. The third-order valence-electron chi connectivity index (χ3n) is 18.8. The number of ether oxygens (including phenoxy) is 4. The molecule has 6 unspecified atom stereocenters. The maximum Gasteiger partial charge on any atom is 0.472 e. The molecule has 0 saturated carbocycles. The highest BCUT2D eigenvalue weighted by molar-refractivity contribution is 7.47. The van der Waals surface area contributed by atoms with Gasteiger partial charge in [-0.15, -0.1) is 0 Å². The minimum atomic E-state index is -4.96. The van der Waals surface area contributed by atoms with Crippen LogP contribution in [0.5, 0.6) is 0 Å². The van der Waals surface area contributed by atoms with Gasteiger partial charge in [0, 0.05) is 25.7 Å². The number of hydrogen-bond donors (Lipinski definition) is 3. The van der Waals surface area contributed by atoms with E-state index in [4.69, 9.17) is 37.0 Å². The largest absolute Gasteiger partial charge is 0.472 e. The predicted octanol–water partition coefficient (Wildman–Crippen LogP) is 21.7. The van der Waals surface area contributed by atoms with Crippen molar-refractivity contribution in [3.8, 4) is 0 Å². The van der Waals surface area contributed by atoms with Gasteiger partial charge in [0.1, 0.15) is 19.3 Å². The van der Waals surface area contributed by atoms with Crippen LogP contribution in [0.15, 0.2) is 0 Å². The zero-order chi connectivity index (χ0) is 69.6. The summed E-state index contributed by atoms with van der Waals surface area (Å²) in [5.74, 6) is 1.05. The number of phosphoric ester groups is 2. The van der Waals surface area contributed by atoms with Crippen LogP contribution >= 0.6 is 15.6 Å². The van der Waals surface area contributed by atoms with Gasteiger partial charge in [0.2, 0.25) is 0 Å². The van der Waals surface area contributed by atoms with Crippen LogP contribution in [0.3, 0.4) is 0 Å². The molecule has 0 aromatic carbocycles. The van der Waals surface area contributed by atoms with E-state index in [1.54, 1.807) is 0 Å². The molecule has 0 bridgehead atoms. The normalized spacial score (nSPS) is 15.3. The van der Waals surface area contributed by atoms with Crippen molar-refractivity contribution in [1.82, 2.24) is 0 Å². The highest BCUT2D eigenvalue weighted by Gasteiger charge is 2.30. The Bertz CT molecular complexity index is 1860. The zero-order valence-corrected chi connectivity index (χ0v) is 63.4. The molecule has 17 nitrogen and oxygen atoms in total. The first kappa shape index (κ1) is 92.1. The van der Waals surface area contributed by atoms with E-state index in [9.17, 15) is 43.2 Å². The van der Waals surface area contributed by atoms with Crippen molar-refractivity contribution >= 4 is 39.5 Å². The number of esters is 4. The van der Waals surface area contributed by atoms with Gasteiger partial charge in [-0.2, -0.15) is 0 Å². The molecule has 19 heteroatoms. The lowest BCUT2D eigenvalue weighted by Crippen LogP contribution is -2.30. The number of phosphoric acid groups is 2. The van der Waals surface area contributed by atoms with Crippen molar-refractivity contribution in [2.75, 3.05) is 39.6 Å². The minimum absolute atomic E-state index is 0.104. The predicted molar refractivity (Wildman–Crippen MR) is 381 cm³/mol. The Balaban J connectivity index is 5.27. The third kappa shape index (κ3) is 63.5. The molecule has 94 heavy (non-hydrogen) atoms. The Morgan fingerprint density at radius 2 is 0.479 bits per heavy atom. The second-order valence-electron chi connectivity index (χ2n) is 28.0. The fraction of sp³-hybridized carbons (Fsp3) is 0.947. The molecule has 9 atom stereocenters. The topological polar surface area (TPSA) is 237 Å². The second-order valence-corrected chi connectivity index (χ2v) is 30.9. The first-order valence-electron chi connectivity index (χ1n) is 38.9. The Morgan fingerprint density at radius 1 is 0.287 bits per heavy atom. The van der Waals surface area contributed by atoms with Gasteiger partial charge in [-0.1, -0.05) is 325 Å². The van der Waals surface area contributed by atoms with Crippen LogP contribution in [0.4, 0.5) is 0 Å². The molecule has 0 amide bonds. The number of aliphatic hydroxyl groups is 1. The zero-order valence-electron chi connectivity index (χ0n) is 61.6. The molecule has 0 aromatic rings. The van der Waals surface area contributed by atoms with E-state index in [1.165, 1.54) is 180 Å². The fourth-order valence-electron chi connectivity index (χ4n) is 11.2. The summed E-state index contributed by atoms with van der Waals surface area (Å²) in [6.45, 7) is 14.2. The molecule has 0 aliphatic rings. The summed E-state index contributed by atoms with van der Waals surface area (Å²) in [5, 5.41) is 10.6. The van der Waals surface area contributed by atoms with Crippen molar-refractivity contribution in [2.45, 2.75) is 395 Å². The summed E-state index contributed by atoms with van der Waals surface area (Å²) in [7, 11) is -9.91. The smallest absolute Gasteiger partial charge is 0.462 e. The van der Waals surface area contributed by atoms with Gasteiger partial charge in [-0.3, -0.25) is 37.3 Å². The summed E-state index contributed by atoms with van der Waals surface area (Å²) in [6, 6.07) is 0. The molecule has 0 heterocycles. The monoisotopic (exact) mass is 1380 g/mol. The van der Waals surface area contributed by atoms with E-state index < -0.39 is 97.5 Å². The number of rotatable bonds is 72. The first-order valence-corrected chi connectivity index (χ1v) is 41.8. The van der Waals surface area contributed by atoms with Gasteiger partial charge >= 0.3 is 39.5 Å². The van der Waals surface area contributed by atoms with Crippen LogP contribution in [-0.4, -0.2) is 96.7 Å². The van der Waals surface area contributed by atoms with Gasteiger partial charge < -0.3 is 33.8 Å². The van der Waals surface area contributed by atoms with Crippen LogP contribution in [0.1, 0.15) is 376 Å². The van der Waals surface area contributed by atoms with E-state index in [1.807, 2.05) is 0 Å². The minimum Gasteiger partial charge on any atom is -0.462 e. The Labute approximate surface area is 575 Å². The van der Waals surface area contributed by atoms with Gasteiger partial charge in [-0.05, 0) is 49.4 Å². The standard InChI is InChI=1S/C75H146O17P2/c1-9-65(5)51-43-35-27-19-17-15-13-14-16-18-20-33-41-49-57-74(79)91-70(61-85-72(77)55-47-39-31-24-21-28-36-44-52-66(6)10-2)63-89-93(81,82)87-59-69(76)60-88-94(83,84)90-64-71(92-75(80)58-50-42-34-26-23-30-38-46-54-68(8)12-4)62-86-73(78)56-48-40-32-25-22-29-37-45-53-67(7)11-3/h65-71,76H,9-64H2,1-8H3,(H,81,82)(H,83,84)/t65?,66?,67?,68?,69-,70-,71-/m1/s1. The lowest BCUT2D eigenvalue weighted by atomic mass is 9.99. The van der Waals surface area contributed by atoms with E-state index >= 15 is 0 Å². The highest BCUT2D eigenvalue weighted by Crippen LogP contribution is 2.45. The molecule has 0 rings (SSSR count). The number of hydrogen-bond acceptors (Lipinski definition) is 15. The molecular formula is C75H146O17P2. The maximum atomic E-state index is 13.1. The van der Waals surface area contributed by atoms with Crippen molar-refractivity contribution in [3.63, 3.8) is 0 Å². The van der Waals surface area contributed by atoms with Gasteiger partial charge in [0.15, 0.2) is 12.2 Å². The number of unbranched alkanes of at least 4 members (excludes halogenated alkanes) is 34. The highest BCUT2D eigenvalue weighted by atomic mass is 31.2. The number of carbonyl (C=O) groups is 4. The van der Waals surface area contributed by atoms with E-state index in [0.717, 1.165) is 114 Å². The quantitative estimate of drug-likeness (QED) is 0.0222. The molecule has 0 fully saturated rings. The molecule has 3 N–H and O–H groups in total. The van der Waals surface area contributed by atoms with Crippen LogP contribution < -0.4 is 0 Å². The molecule has 558 valence electrons. The summed E-state index contributed by atoms with van der Waals surface area (Å²) in [5.41, 5.74) is 0. The number of carbonyl (C=O) groups excluding carboxylic acids is 4. The maximum absolute atomic E-state index is 13.1. The molecule has 0 radical (unpaired) electrons. The third-order valence-corrected chi connectivity index (χ3v) is 20.7. The summed E-state index contributed by atoms with van der Waals surface area (Å²) in [6.07, 6.45) is 48.3. The van der Waals surface area contributed by atoms with Crippen LogP contribution in [0, 0.1) is 23.7 Å². The van der Waals surface area contributed by atoms with Crippen molar-refractivity contribution in [2.24, 2.45) is 23.7 Å². The Morgan fingerprint density at radius 3 is 0.702 bits per heavy atom. The fourth-order valence-corrected chi connectivity index (χ4v) is 12.8. The molecule has 0 aliphatic carbocycles. The van der Waals surface area contributed by atoms with Crippen molar-refractivity contribution in [1.29, 1.82) is 0 Å². The van der Waals surface area contributed by atoms with Crippen LogP contribution in [-0.2, 0) is 65.4 Å². The van der Waals surface area contributed by atoms with E-state index in [0.29, 0.717) is 25.7 Å². The lowest BCUT2D eigenvalue weighted by Gasteiger charge is -2.21. The molecule has 0 spiro atoms. The van der Waals surface area contributed by atoms with E-state index in [2.05, 4.69) is 55.4 Å². The molecular weight excluding hydrogens is 1230 g/mol. The number of aliphatic hydroxyl groups excluding tert-OH is 1. The Kier molecular flexibility index (Phi) is 63.1. The van der Waals surface area contributed by atoms with Crippen molar-refractivity contribution < 1.29 is 80.2 Å².